The normalized spacial score (nSPS) is 11.1. The molecule has 0 heteroatoms. The van der Waals surface area contributed by atoms with E-state index in [-0.39, 0.29) is 0 Å². The molecule has 0 saturated carbocycles. The molecule has 0 aliphatic carbocycles. The minimum absolute atomic E-state index is 1.16. The maximum absolute atomic E-state index is 2.33. The van der Waals surface area contributed by atoms with Crippen LogP contribution in [0.4, 0.5) is 0 Å². The molecule has 3 aromatic carbocycles. The number of hydrogen-bond donors (Lipinski definition) is 0. The lowest BCUT2D eigenvalue weighted by Gasteiger charge is -2.18. The van der Waals surface area contributed by atoms with Gasteiger partial charge in [0.1, 0.15) is 0 Å². The van der Waals surface area contributed by atoms with Gasteiger partial charge >= 0.3 is 0 Å². The van der Waals surface area contributed by atoms with Crippen molar-refractivity contribution < 1.29 is 0 Å². The molecule has 146 valence electrons. The average molecular weight is 371 g/mol. The molecule has 0 bridgehead atoms. The highest BCUT2D eigenvalue weighted by Crippen LogP contribution is 2.35. The second-order valence-electron chi connectivity index (χ2n) is 8.13. The molecule has 0 N–H and O–H groups in total. The summed E-state index contributed by atoms with van der Waals surface area (Å²) in [4.78, 5) is 0. The van der Waals surface area contributed by atoms with E-state index < -0.39 is 0 Å². The SMILES string of the molecule is CCCc1ccc(-c2ccc(-c3ccc(CCC)c(C)c3C)c(C)c2C)cc1. The van der Waals surface area contributed by atoms with Gasteiger partial charge in [-0.05, 0) is 96.2 Å². The van der Waals surface area contributed by atoms with Crippen LogP contribution < -0.4 is 0 Å². The molecule has 0 saturated heterocycles. The van der Waals surface area contributed by atoms with Gasteiger partial charge in [-0.2, -0.15) is 0 Å². The van der Waals surface area contributed by atoms with E-state index in [4.69, 9.17) is 0 Å². The van der Waals surface area contributed by atoms with Crippen molar-refractivity contribution in [3.63, 3.8) is 0 Å². The van der Waals surface area contributed by atoms with E-state index in [1.54, 1.807) is 0 Å². The molecule has 0 aliphatic heterocycles. The average Bonchev–Trinajstić information content (AvgIpc) is 2.69. The molecule has 3 rings (SSSR count). The van der Waals surface area contributed by atoms with Gasteiger partial charge in [-0.15, -0.1) is 0 Å². The number of rotatable bonds is 6. The van der Waals surface area contributed by atoms with Crippen LogP contribution >= 0.6 is 0 Å². The maximum atomic E-state index is 2.33. The van der Waals surface area contributed by atoms with Gasteiger partial charge in [0, 0.05) is 0 Å². The molecule has 0 radical (unpaired) electrons. The highest BCUT2D eigenvalue weighted by atomic mass is 14.2. The molecule has 0 aliphatic rings. The first kappa shape index (κ1) is 20.4. The Morgan fingerprint density at radius 2 is 1.00 bits per heavy atom. The summed E-state index contributed by atoms with van der Waals surface area (Å²) < 4.78 is 0. The Labute approximate surface area is 171 Å². The molecular formula is C28H34. The van der Waals surface area contributed by atoms with E-state index in [0.717, 1.165) is 12.8 Å². The van der Waals surface area contributed by atoms with Crippen molar-refractivity contribution in [3.8, 4) is 22.3 Å². The summed E-state index contributed by atoms with van der Waals surface area (Å²) in [6.07, 6.45) is 4.72. The summed E-state index contributed by atoms with van der Waals surface area (Å²) in [5, 5.41) is 0. The predicted octanol–water partition coefficient (Wildman–Crippen LogP) is 8.16. The van der Waals surface area contributed by atoms with Crippen LogP contribution in [-0.4, -0.2) is 0 Å². The molecule has 0 nitrogen and oxygen atoms in total. The summed E-state index contributed by atoms with van der Waals surface area (Å²) in [5.74, 6) is 0. The van der Waals surface area contributed by atoms with Gasteiger partial charge in [0.25, 0.3) is 0 Å². The monoisotopic (exact) mass is 370 g/mol. The number of hydrogen-bond acceptors (Lipinski definition) is 0. The van der Waals surface area contributed by atoms with E-state index >= 15 is 0 Å². The fraction of sp³-hybridized carbons (Fsp3) is 0.357. The third-order valence-corrected chi connectivity index (χ3v) is 6.30. The van der Waals surface area contributed by atoms with Crippen molar-refractivity contribution in [2.24, 2.45) is 0 Å². The summed E-state index contributed by atoms with van der Waals surface area (Å²) in [5.41, 5.74) is 14.0. The Balaban J connectivity index is 2.02. The van der Waals surface area contributed by atoms with Crippen molar-refractivity contribution in [3.05, 3.63) is 81.9 Å². The third-order valence-electron chi connectivity index (χ3n) is 6.30. The van der Waals surface area contributed by atoms with Gasteiger partial charge < -0.3 is 0 Å². The van der Waals surface area contributed by atoms with Gasteiger partial charge in [0.15, 0.2) is 0 Å². The van der Waals surface area contributed by atoms with Crippen molar-refractivity contribution in [2.45, 2.75) is 67.2 Å². The zero-order chi connectivity index (χ0) is 20.3. The van der Waals surface area contributed by atoms with Crippen LogP contribution in [0, 0.1) is 27.7 Å². The summed E-state index contributed by atoms with van der Waals surface area (Å²) in [6.45, 7) is 13.6. The lowest BCUT2D eigenvalue weighted by atomic mass is 9.86. The van der Waals surface area contributed by atoms with E-state index in [2.05, 4.69) is 90.1 Å². The van der Waals surface area contributed by atoms with Crippen LogP contribution in [0.15, 0.2) is 48.5 Å². The Morgan fingerprint density at radius 3 is 1.61 bits per heavy atom. The Bertz CT molecular complexity index is 958. The van der Waals surface area contributed by atoms with Crippen molar-refractivity contribution in [1.82, 2.24) is 0 Å². The van der Waals surface area contributed by atoms with E-state index in [9.17, 15) is 0 Å². The molecule has 0 aromatic heterocycles. The van der Waals surface area contributed by atoms with Crippen LogP contribution in [0.2, 0.25) is 0 Å². The Hall–Kier alpha value is -2.34. The first-order chi connectivity index (χ1) is 13.5. The molecule has 0 amide bonds. The van der Waals surface area contributed by atoms with Crippen LogP contribution in [0.5, 0.6) is 0 Å². The van der Waals surface area contributed by atoms with Gasteiger partial charge in [-0.25, -0.2) is 0 Å². The Morgan fingerprint density at radius 1 is 0.500 bits per heavy atom. The lowest BCUT2D eigenvalue weighted by molar-refractivity contribution is 0.910. The minimum Gasteiger partial charge on any atom is -0.0651 e. The summed E-state index contributed by atoms with van der Waals surface area (Å²) in [7, 11) is 0. The van der Waals surface area contributed by atoms with E-state index in [1.807, 2.05) is 0 Å². The summed E-state index contributed by atoms with van der Waals surface area (Å²) >= 11 is 0. The van der Waals surface area contributed by atoms with Gasteiger partial charge in [0.05, 0.1) is 0 Å². The topological polar surface area (TPSA) is 0 Å². The smallest absolute Gasteiger partial charge is 0.0149 e. The van der Waals surface area contributed by atoms with Crippen molar-refractivity contribution in [1.29, 1.82) is 0 Å². The molecular weight excluding hydrogens is 336 g/mol. The number of aryl methyl sites for hydroxylation is 2. The van der Waals surface area contributed by atoms with Gasteiger partial charge in [-0.3, -0.25) is 0 Å². The molecule has 0 fully saturated rings. The molecule has 0 unspecified atom stereocenters. The standard InChI is InChI=1S/C28H34/c1-7-9-23-11-13-25(14-12-23)26-17-18-28(22(6)21(26)5)27-16-15-24(10-8-2)19(3)20(27)4/h11-18H,7-10H2,1-6H3. The quantitative estimate of drug-likeness (QED) is 0.410. The fourth-order valence-electron chi connectivity index (χ4n) is 4.27. The van der Waals surface area contributed by atoms with Crippen LogP contribution in [-0.2, 0) is 12.8 Å². The zero-order valence-corrected chi connectivity index (χ0v) is 18.4. The Kier molecular flexibility index (Phi) is 6.39. The molecule has 0 spiro atoms. The van der Waals surface area contributed by atoms with E-state index in [1.165, 1.54) is 68.5 Å². The van der Waals surface area contributed by atoms with Crippen LogP contribution in [0.1, 0.15) is 60.1 Å². The highest BCUT2D eigenvalue weighted by molar-refractivity contribution is 5.79. The molecule has 28 heavy (non-hydrogen) atoms. The minimum atomic E-state index is 1.16. The van der Waals surface area contributed by atoms with Crippen molar-refractivity contribution >= 4 is 0 Å². The highest BCUT2D eigenvalue weighted by Gasteiger charge is 2.13. The number of benzene rings is 3. The molecule has 0 heterocycles. The molecule has 3 aromatic rings. The third kappa shape index (κ3) is 3.92. The molecule has 0 atom stereocenters. The largest absolute Gasteiger partial charge is 0.0651 e. The van der Waals surface area contributed by atoms with Gasteiger partial charge in [-0.1, -0.05) is 75.2 Å². The van der Waals surface area contributed by atoms with Crippen LogP contribution in [0.3, 0.4) is 0 Å². The first-order valence-corrected chi connectivity index (χ1v) is 10.8. The second-order valence-corrected chi connectivity index (χ2v) is 8.13. The zero-order valence-electron chi connectivity index (χ0n) is 18.4. The predicted molar refractivity (Wildman–Crippen MR) is 124 cm³/mol. The van der Waals surface area contributed by atoms with Crippen LogP contribution in [0.25, 0.3) is 22.3 Å². The fourth-order valence-corrected chi connectivity index (χ4v) is 4.27. The van der Waals surface area contributed by atoms with Gasteiger partial charge in [0.2, 0.25) is 0 Å². The maximum Gasteiger partial charge on any atom is -0.0149 e. The summed E-state index contributed by atoms with van der Waals surface area (Å²) in [6, 6.07) is 18.4. The van der Waals surface area contributed by atoms with E-state index in [0.29, 0.717) is 0 Å². The lowest BCUT2D eigenvalue weighted by Crippen LogP contribution is -1.98. The second kappa shape index (κ2) is 8.78. The first-order valence-electron chi connectivity index (χ1n) is 10.8. The van der Waals surface area contributed by atoms with Crippen molar-refractivity contribution in [2.75, 3.05) is 0 Å².